The van der Waals surface area contributed by atoms with Crippen molar-refractivity contribution >= 4 is 22.9 Å². The smallest absolute Gasteiger partial charge is 0.108 e. The number of nitriles is 1. The van der Waals surface area contributed by atoms with Gasteiger partial charge >= 0.3 is 0 Å². The summed E-state index contributed by atoms with van der Waals surface area (Å²) in [7, 11) is 0. The van der Waals surface area contributed by atoms with Gasteiger partial charge in [-0.2, -0.15) is 5.26 Å². The zero-order chi connectivity index (χ0) is 12.3. The van der Waals surface area contributed by atoms with Crippen molar-refractivity contribution in [2.45, 2.75) is 26.8 Å². The lowest BCUT2D eigenvalue weighted by atomic mass is 10.0. The van der Waals surface area contributed by atoms with Crippen molar-refractivity contribution in [1.29, 1.82) is 5.26 Å². The number of rotatable bonds is 2. The molecule has 0 spiro atoms. The number of nitrogens with zero attached hydrogens (tertiary/aromatic N) is 1. The van der Waals surface area contributed by atoms with Gasteiger partial charge in [-0.15, -0.1) is 0 Å². The van der Waals surface area contributed by atoms with Gasteiger partial charge in [-0.25, -0.2) is 0 Å². The van der Waals surface area contributed by atoms with Gasteiger partial charge in [0.2, 0.25) is 0 Å². The monoisotopic (exact) mass is 233 g/mol. The number of hydrogen-bond donors (Lipinski definition) is 2. The SMILES string of the molecule is Cc1cc(C#N)cc(C(=S)NC(C)C)c1N. The van der Waals surface area contributed by atoms with Crippen molar-refractivity contribution in [2.24, 2.45) is 0 Å². The maximum absolute atomic E-state index is 8.89. The van der Waals surface area contributed by atoms with Crippen molar-refractivity contribution in [3.63, 3.8) is 0 Å². The molecule has 0 fully saturated rings. The van der Waals surface area contributed by atoms with Gasteiger partial charge < -0.3 is 11.1 Å². The van der Waals surface area contributed by atoms with Crippen molar-refractivity contribution in [2.75, 3.05) is 5.73 Å². The van der Waals surface area contributed by atoms with Gasteiger partial charge in [0.1, 0.15) is 4.99 Å². The lowest BCUT2D eigenvalue weighted by Gasteiger charge is -2.14. The second kappa shape index (κ2) is 4.95. The van der Waals surface area contributed by atoms with Crippen molar-refractivity contribution in [3.05, 3.63) is 28.8 Å². The molecule has 0 aliphatic carbocycles. The third-order valence-corrected chi connectivity index (χ3v) is 2.52. The summed E-state index contributed by atoms with van der Waals surface area (Å²) in [5.74, 6) is 0. The van der Waals surface area contributed by atoms with E-state index < -0.39 is 0 Å². The summed E-state index contributed by atoms with van der Waals surface area (Å²) in [5.41, 5.74) is 8.77. The number of hydrogen-bond acceptors (Lipinski definition) is 3. The second-order valence-corrected chi connectivity index (χ2v) is 4.40. The van der Waals surface area contributed by atoms with Crippen molar-refractivity contribution < 1.29 is 0 Å². The first-order valence-corrected chi connectivity index (χ1v) is 5.47. The minimum atomic E-state index is 0.248. The number of thiocarbonyl (C=S) groups is 1. The number of nitrogens with two attached hydrogens (primary N) is 1. The molecule has 0 atom stereocenters. The first-order chi connectivity index (χ1) is 7.45. The van der Waals surface area contributed by atoms with Gasteiger partial charge in [0, 0.05) is 17.3 Å². The Hall–Kier alpha value is -1.60. The van der Waals surface area contributed by atoms with E-state index in [1.165, 1.54) is 0 Å². The molecule has 0 saturated carbocycles. The molecule has 0 bridgehead atoms. The fourth-order valence-corrected chi connectivity index (χ4v) is 1.80. The van der Waals surface area contributed by atoms with Gasteiger partial charge in [-0.3, -0.25) is 0 Å². The number of nitrogen functional groups attached to an aromatic ring is 1. The van der Waals surface area contributed by atoms with E-state index in [-0.39, 0.29) is 6.04 Å². The highest BCUT2D eigenvalue weighted by molar-refractivity contribution is 7.80. The van der Waals surface area contributed by atoms with Crippen LogP contribution in [0.1, 0.15) is 30.5 Å². The lowest BCUT2D eigenvalue weighted by molar-refractivity contribution is 0.741. The molecule has 0 amide bonds. The molecule has 1 aromatic rings. The highest BCUT2D eigenvalue weighted by atomic mass is 32.1. The van der Waals surface area contributed by atoms with Gasteiger partial charge in [0.15, 0.2) is 0 Å². The molecule has 0 saturated heterocycles. The Morgan fingerprint density at radius 2 is 2.12 bits per heavy atom. The van der Waals surface area contributed by atoms with Crippen molar-refractivity contribution in [3.8, 4) is 6.07 Å². The number of nitrogens with one attached hydrogen (secondary N) is 1. The fourth-order valence-electron chi connectivity index (χ4n) is 1.39. The molecule has 0 unspecified atom stereocenters. The minimum absolute atomic E-state index is 0.248. The topological polar surface area (TPSA) is 61.8 Å². The number of anilines is 1. The van der Waals surface area contributed by atoms with E-state index in [9.17, 15) is 0 Å². The lowest BCUT2D eigenvalue weighted by Crippen LogP contribution is -2.30. The Morgan fingerprint density at radius 1 is 1.50 bits per heavy atom. The molecule has 0 radical (unpaired) electrons. The van der Waals surface area contributed by atoms with Gasteiger partial charge in [0.25, 0.3) is 0 Å². The highest BCUT2D eigenvalue weighted by Crippen LogP contribution is 2.19. The summed E-state index contributed by atoms with van der Waals surface area (Å²) >= 11 is 5.25. The third-order valence-electron chi connectivity index (χ3n) is 2.18. The average Bonchev–Trinajstić information content (AvgIpc) is 2.20. The maximum atomic E-state index is 8.89. The molecule has 0 aromatic heterocycles. The van der Waals surface area contributed by atoms with Crippen LogP contribution in [0.3, 0.4) is 0 Å². The molecule has 84 valence electrons. The van der Waals surface area contributed by atoms with Crippen LogP contribution in [0.25, 0.3) is 0 Å². The number of aryl methyl sites for hydroxylation is 1. The molecular formula is C12H15N3S. The highest BCUT2D eigenvalue weighted by Gasteiger charge is 2.10. The quantitative estimate of drug-likeness (QED) is 0.607. The molecule has 0 aliphatic rings. The molecule has 3 N–H and O–H groups in total. The van der Waals surface area contributed by atoms with Crippen LogP contribution in [0.2, 0.25) is 0 Å². The first kappa shape index (κ1) is 12.5. The predicted molar refractivity (Wildman–Crippen MR) is 70.3 cm³/mol. The van der Waals surface area contributed by atoms with E-state index in [1.54, 1.807) is 12.1 Å². The second-order valence-electron chi connectivity index (χ2n) is 3.99. The van der Waals surface area contributed by atoms with Crippen LogP contribution in [0.4, 0.5) is 5.69 Å². The van der Waals surface area contributed by atoms with Gasteiger partial charge in [0.05, 0.1) is 11.6 Å². The van der Waals surface area contributed by atoms with Crippen LogP contribution in [0.5, 0.6) is 0 Å². The molecule has 1 aromatic carbocycles. The molecular weight excluding hydrogens is 218 g/mol. The molecule has 0 aliphatic heterocycles. The van der Waals surface area contributed by atoms with Gasteiger partial charge in [-0.05, 0) is 38.5 Å². The Bertz CT molecular complexity index is 458. The zero-order valence-electron chi connectivity index (χ0n) is 9.66. The largest absolute Gasteiger partial charge is 0.398 e. The predicted octanol–water partition coefficient (Wildman–Crippen LogP) is 2.12. The van der Waals surface area contributed by atoms with E-state index in [0.717, 1.165) is 11.1 Å². The van der Waals surface area contributed by atoms with E-state index in [4.69, 9.17) is 23.2 Å². The molecule has 1 rings (SSSR count). The van der Waals surface area contributed by atoms with Crippen molar-refractivity contribution in [1.82, 2.24) is 5.32 Å². The summed E-state index contributed by atoms with van der Waals surface area (Å²) in [5, 5.41) is 12.0. The molecule has 4 heteroatoms. The van der Waals surface area contributed by atoms with Crippen LogP contribution in [0.15, 0.2) is 12.1 Å². The van der Waals surface area contributed by atoms with Crippen LogP contribution < -0.4 is 11.1 Å². The summed E-state index contributed by atoms with van der Waals surface area (Å²) < 4.78 is 0. The van der Waals surface area contributed by atoms with E-state index >= 15 is 0 Å². The molecule has 3 nitrogen and oxygen atoms in total. The summed E-state index contributed by atoms with van der Waals surface area (Å²) in [4.78, 5) is 0.590. The summed E-state index contributed by atoms with van der Waals surface area (Å²) in [6.45, 7) is 5.88. The maximum Gasteiger partial charge on any atom is 0.108 e. The first-order valence-electron chi connectivity index (χ1n) is 5.06. The van der Waals surface area contributed by atoms with E-state index in [2.05, 4.69) is 11.4 Å². The standard InChI is InChI=1S/C12H15N3S/c1-7(2)15-12(16)10-5-9(6-13)4-8(3)11(10)14/h4-5,7H,14H2,1-3H3,(H,15,16). The minimum Gasteiger partial charge on any atom is -0.398 e. The van der Waals surface area contributed by atoms with Crippen LogP contribution in [0, 0.1) is 18.3 Å². The Labute approximate surface area is 101 Å². The average molecular weight is 233 g/mol. The molecule has 0 heterocycles. The third kappa shape index (κ3) is 2.71. The zero-order valence-corrected chi connectivity index (χ0v) is 10.5. The van der Waals surface area contributed by atoms with E-state index in [0.29, 0.717) is 16.2 Å². The molecule has 16 heavy (non-hydrogen) atoms. The normalized spacial score (nSPS) is 9.94. The van der Waals surface area contributed by atoms with Crippen LogP contribution >= 0.6 is 12.2 Å². The van der Waals surface area contributed by atoms with Gasteiger partial charge in [-0.1, -0.05) is 12.2 Å². The van der Waals surface area contributed by atoms with Crippen LogP contribution in [-0.2, 0) is 0 Å². The number of benzene rings is 1. The Balaban J connectivity index is 3.18. The Kier molecular flexibility index (Phi) is 3.86. The fraction of sp³-hybridized carbons (Fsp3) is 0.333. The Morgan fingerprint density at radius 3 is 2.62 bits per heavy atom. The summed E-state index contributed by atoms with van der Waals surface area (Å²) in [6.07, 6.45) is 0. The van der Waals surface area contributed by atoms with Crippen LogP contribution in [-0.4, -0.2) is 11.0 Å². The summed E-state index contributed by atoms with van der Waals surface area (Å²) in [6, 6.07) is 5.83. The van der Waals surface area contributed by atoms with E-state index in [1.807, 2.05) is 20.8 Å².